The molecule has 0 bridgehead atoms. The van der Waals surface area contributed by atoms with Gasteiger partial charge in [-0.05, 0) is 32.4 Å². The van der Waals surface area contributed by atoms with Crippen molar-refractivity contribution in [1.82, 2.24) is 0 Å². The lowest BCUT2D eigenvalue weighted by Gasteiger charge is -2.07. The normalized spacial score (nSPS) is 10.2. The van der Waals surface area contributed by atoms with Gasteiger partial charge in [0.1, 0.15) is 5.82 Å². The number of rotatable bonds is 1. The van der Waals surface area contributed by atoms with E-state index in [1.165, 1.54) is 13.0 Å². The molecule has 0 radical (unpaired) electrons. The SMILES string of the molecule is CC(=O)c1cc(Cl)c(C)c(F)c1C. The molecule has 0 spiro atoms. The highest BCUT2D eigenvalue weighted by molar-refractivity contribution is 6.31. The number of carbonyl (C=O) groups is 1. The number of halogens is 2. The molecule has 70 valence electrons. The Labute approximate surface area is 81.5 Å². The smallest absolute Gasteiger partial charge is 0.160 e. The number of hydrogen-bond acceptors (Lipinski definition) is 1. The van der Waals surface area contributed by atoms with Gasteiger partial charge in [-0.2, -0.15) is 0 Å². The third-order valence-corrected chi connectivity index (χ3v) is 2.46. The van der Waals surface area contributed by atoms with E-state index in [-0.39, 0.29) is 5.78 Å². The summed E-state index contributed by atoms with van der Waals surface area (Å²) >= 11 is 5.74. The van der Waals surface area contributed by atoms with Crippen molar-refractivity contribution in [3.8, 4) is 0 Å². The molecule has 0 amide bonds. The number of hydrogen-bond donors (Lipinski definition) is 0. The monoisotopic (exact) mass is 200 g/mol. The minimum atomic E-state index is -0.391. The Morgan fingerprint density at radius 2 is 1.92 bits per heavy atom. The van der Waals surface area contributed by atoms with E-state index in [0.717, 1.165) is 0 Å². The molecule has 3 heteroatoms. The standard InChI is InChI=1S/C10H10ClFO/c1-5-8(7(3)13)4-9(11)6(2)10(5)12/h4H,1-3H3. The first-order valence-electron chi connectivity index (χ1n) is 3.91. The molecule has 0 atom stereocenters. The zero-order valence-electron chi connectivity index (χ0n) is 7.74. The molecule has 0 saturated carbocycles. The average molecular weight is 201 g/mol. The maximum absolute atomic E-state index is 13.4. The highest BCUT2D eigenvalue weighted by atomic mass is 35.5. The van der Waals surface area contributed by atoms with Crippen molar-refractivity contribution in [2.24, 2.45) is 0 Å². The Balaban J connectivity index is 3.50. The molecule has 1 aromatic carbocycles. The van der Waals surface area contributed by atoms with Gasteiger partial charge in [0.25, 0.3) is 0 Å². The number of Topliss-reactive ketones (excluding diaryl/α,β-unsaturated/α-hetero) is 1. The van der Waals surface area contributed by atoms with E-state index < -0.39 is 5.82 Å². The van der Waals surface area contributed by atoms with Crippen molar-refractivity contribution in [3.63, 3.8) is 0 Å². The quantitative estimate of drug-likeness (QED) is 0.636. The molecule has 13 heavy (non-hydrogen) atoms. The fraction of sp³-hybridized carbons (Fsp3) is 0.300. The van der Waals surface area contributed by atoms with Crippen molar-refractivity contribution >= 4 is 17.4 Å². The first-order chi connectivity index (χ1) is 5.95. The molecule has 1 aromatic rings. The predicted octanol–water partition coefficient (Wildman–Crippen LogP) is 3.30. The molecule has 0 aromatic heterocycles. The van der Waals surface area contributed by atoms with Crippen LogP contribution in [0.1, 0.15) is 28.4 Å². The first-order valence-corrected chi connectivity index (χ1v) is 4.29. The van der Waals surface area contributed by atoms with Gasteiger partial charge in [0, 0.05) is 16.1 Å². The van der Waals surface area contributed by atoms with Crippen LogP contribution < -0.4 is 0 Å². The van der Waals surface area contributed by atoms with Gasteiger partial charge in [0.2, 0.25) is 0 Å². The number of carbonyl (C=O) groups excluding carboxylic acids is 1. The maximum Gasteiger partial charge on any atom is 0.160 e. The van der Waals surface area contributed by atoms with E-state index in [4.69, 9.17) is 11.6 Å². The highest BCUT2D eigenvalue weighted by Gasteiger charge is 2.13. The van der Waals surface area contributed by atoms with Crippen LogP contribution in [0.15, 0.2) is 6.07 Å². The Hall–Kier alpha value is -0.890. The van der Waals surface area contributed by atoms with Gasteiger partial charge < -0.3 is 0 Å². The summed E-state index contributed by atoms with van der Waals surface area (Å²) < 4.78 is 13.4. The lowest BCUT2D eigenvalue weighted by molar-refractivity contribution is 0.101. The second kappa shape index (κ2) is 3.46. The van der Waals surface area contributed by atoms with Crippen LogP contribution in [0.5, 0.6) is 0 Å². The molecule has 0 fully saturated rings. The van der Waals surface area contributed by atoms with Gasteiger partial charge in [-0.25, -0.2) is 4.39 Å². The predicted molar refractivity (Wildman–Crippen MR) is 50.9 cm³/mol. The summed E-state index contributed by atoms with van der Waals surface area (Å²) in [5.74, 6) is -0.559. The molecular weight excluding hydrogens is 191 g/mol. The Bertz CT molecular complexity index is 372. The van der Waals surface area contributed by atoms with E-state index in [1.807, 2.05) is 0 Å². The molecule has 1 nitrogen and oxygen atoms in total. The van der Waals surface area contributed by atoms with Crippen molar-refractivity contribution in [1.29, 1.82) is 0 Å². The molecule has 0 unspecified atom stereocenters. The van der Waals surface area contributed by atoms with Gasteiger partial charge >= 0.3 is 0 Å². The van der Waals surface area contributed by atoms with Crippen molar-refractivity contribution < 1.29 is 9.18 Å². The van der Waals surface area contributed by atoms with Crippen LogP contribution in [0.3, 0.4) is 0 Å². The van der Waals surface area contributed by atoms with Crippen molar-refractivity contribution in [3.05, 3.63) is 33.6 Å². The molecule has 0 aliphatic heterocycles. The fourth-order valence-corrected chi connectivity index (χ4v) is 1.41. The lowest BCUT2D eigenvalue weighted by atomic mass is 10.0. The molecule has 0 saturated heterocycles. The second-order valence-electron chi connectivity index (χ2n) is 3.03. The zero-order chi connectivity index (χ0) is 10.2. The lowest BCUT2D eigenvalue weighted by Crippen LogP contribution is -2.01. The largest absolute Gasteiger partial charge is 0.294 e. The number of ketones is 1. The first kappa shape index (κ1) is 10.2. The van der Waals surface area contributed by atoms with Crippen LogP contribution >= 0.6 is 11.6 Å². The van der Waals surface area contributed by atoms with Crippen molar-refractivity contribution in [2.75, 3.05) is 0 Å². The summed E-state index contributed by atoms with van der Waals surface area (Å²) in [5, 5.41) is 0.299. The van der Waals surface area contributed by atoms with Gasteiger partial charge in [-0.15, -0.1) is 0 Å². The zero-order valence-corrected chi connectivity index (χ0v) is 8.50. The van der Waals surface area contributed by atoms with Gasteiger partial charge in [-0.3, -0.25) is 4.79 Å². The second-order valence-corrected chi connectivity index (χ2v) is 3.43. The summed E-state index contributed by atoms with van der Waals surface area (Å²) in [6.45, 7) is 4.57. The van der Waals surface area contributed by atoms with E-state index >= 15 is 0 Å². The molecule has 0 aliphatic rings. The van der Waals surface area contributed by atoms with Crippen molar-refractivity contribution in [2.45, 2.75) is 20.8 Å². The van der Waals surface area contributed by atoms with Crippen LogP contribution in [0, 0.1) is 19.7 Å². The summed E-state index contributed by atoms with van der Waals surface area (Å²) in [7, 11) is 0. The summed E-state index contributed by atoms with van der Waals surface area (Å²) in [6, 6.07) is 1.51. The summed E-state index contributed by atoms with van der Waals surface area (Å²) in [4.78, 5) is 11.1. The average Bonchev–Trinajstić information content (AvgIpc) is 2.07. The van der Waals surface area contributed by atoms with Crippen LogP contribution in [-0.2, 0) is 0 Å². The van der Waals surface area contributed by atoms with Crippen LogP contribution in [0.4, 0.5) is 4.39 Å². The summed E-state index contributed by atoms with van der Waals surface area (Å²) in [6.07, 6.45) is 0. The maximum atomic E-state index is 13.4. The Morgan fingerprint density at radius 1 is 1.38 bits per heavy atom. The minimum Gasteiger partial charge on any atom is -0.294 e. The molecule has 0 heterocycles. The van der Waals surface area contributed by atoms with E-state index in [0.29, 0.717) is 21.7 Å². The topological polar surface area (TPSA) is 17.1 Å². The van der Waals surface area contributed by atoms with Crippen LogP contribution in [0.2, 0.25) is 5.02 Å². The fourth-order valence-electron chi connectivity index (χ4n) is 1.21. The summed E-state index contributed by atoms with van der Waals surface area (Å²) in [5.41, 5.74) is 1.12. The third-order valence-electron chi connectivity index (χ3n) is 2.07. The third kappa shape index (κ3) is 1.73. The van der Waals surface area contributed by atoms with Crippen LogP contribution in [-0.4, -0.2) is 5.78 Å². The van der Waals surface area contributed by atoms with E-state index in [1.54, 1.807) is 13.8 Å². The highest BCUT2D eigenvalue weighted by Crippen LogP contribution is 2.24. The van der Waals surface area contributed by atoms with Gasteiger partial charge in [-0.1, -0.05) is 11.6 Å². The van der Waals surface area contributed by atoms with Gasteiger partial charge in [0.05, 0.1) is 0 Å². The molecule has 1 rings (SSSR count). The van der Waals surface area contributed by atoms with E-state index in [9.17, 15) is 9.18 Å². The molecule has 0 N–H and O–H groups in total. The van der Waals surface area contributed by atoms with Gasteiger partial charge in [0.15, 0.2) is 5.78 Å². The molecular formula is C10H10ClFO. The van der Waals surface area contributed by atoms with Crippen LogP contribution in [0.25, 0.3) is 0 Å². The Morgan fingerprint density at radius 3 is 2.38 bits per heavy atom. The number of benzene rings is 1. The van der Waals surface area contributed by atoms with E-state index in [2.05, 4.69) is 0 Å². The minimum absolute atomic E-state index is 0.168. The Kier molecular flexibility index (Phi) is 2.71. The molecule has 0 aliphatic carbocycles.